The molecule has 30 heavy (non-hydrogen) atoms. The molecule has 0 aliphatic carbocycles. The van der Waals surface area contributed by atoms with Crippen LogP contribution in [0, 0.1) is 0 Å². The summed E-state index contributed by atoms with van der Waals surface area (Å²) in [5, 5.41) is 5.10. The van der Waals surface area contributed by atoms with Crippen LogP contribution in [0.2, 0.25) is 0 Å². The molecule has 1 aromatic carbocycles. The molecule has 0 bridgehead atoms. The van der Waals surface area contributed by atoms with Crippen LogP contribution in [-0.4, -0.2) is 42.2 Å². The van der Waals surface area contributed by atoms with Crippen molar-refractivity contribution in [3.05, 3.63) is 60.2 Å². The van der Waals surface area contributed by atoms with E-state index in [2.05, 4.69) is 5.32 Å². The third kappa shape index (κ3) is 5.04. The maximum Gasteiger partial charge on any atom is 0.340 e. The number of carbonyl (C=O) groups excluding carboxylic acids is 4. The smallest absolute Gasteiger partial charge is 0.340 e. The van der Waals surface area contributed by atoms with Crippen LogP contribution >= 0.6 is 0 Å². The molecule has 3 rings (SSSR count). The van der Waals surface area contributed by atoms with Crippen molar-refractivity contribution in [2.24, 2.45) is 0 Å². The number of benzene rings is 1. The van der Waals surface area contributed by atoms with Gasteiger partial charge in [0.2, 0.25) is 0 Å². The summed E-state index contributed by atoms with van der Waals surface area (Å²) in [6.07, 6.45) is 2.95. The summed E-state index contributed by atoms with van der Waals surface area (Å²) in [6.45, 7) is -0.749. The van der Waals surface area contributed by atoms with E-state index in [1.807, 2.05) is 5.32 Å². The summed E-state index contributed by atoms with van der Waals surface area (Å²) in [5.74, 6) is -1.50. The van der Waals surface area contributed by atoms with Gasteiger partial charge < -0.3 is 23.8 Å². The number of hydrogen-bond acceptors (Lipinski definition) is 7. The minimum atomic E-state index is -0.784. The molecule has 0 aliphatic heterocycles. The first kappa shape index (κ1) is 20.6. The van der Waals surface area contributed by atoms with E-state index in [1.165, 1.54) is 24.1 Å². The molecule has 10 nitrogen and oxygen atoms in total. The Hall–Kier alpha value is -4.08. The summed E-state index contributed by atoms with van der Waals surface area (Å²) < 4.78 is 16.3. The highest BCUT2D eigenvalue weighted by Crippen LogP contribution is 2.22. The Bertz CT molecular complexity index is 1070. The largest absolute Gasteiger partial charge is 0.467 e. The molecule has 0 atom stereocenters. The van der Waals surface area contributed by atoms with Crippen LogP contribution in [-0.2, 0) is 32.2 Å². The van der Waals surface area contributed by atoms with Crippen molar-refractivity contribution in [3.8, 4) is 0 Å². The summed E-state index contributed by atoms with van der Waals surface area (Å²) in [7, 11) is 1.27. The predicted molar refractivity (Wildman–Crippen MR) is 103 cm³/mol. The second kappa shape index (κ2) is 9.41. The van der Waals surface area contributed by atoms with E-state index < -0.39 is 30.5 Å². The Morgan fingerprint density at radius 2 is 1.90 bits per heavy atom. The van der Waals surface area contributed by atoms with Gasteiger partial charge in [-0.05, 0) is 18.2 Å². The number of methoxy groups -OCH3 is 1. The Kier molecular flexibility index (Phi) is 6.48. The zero-order valence-electron chi connectivity index (χ0n) is 16.0. The Morgan fingerprint density at radius 3 is 2.63 bits per heavy atom. The van der Waals surface area contributed by atoms with Gasteiger partial charge in [0.05, 0.1) is 25.5 Å². The normalized spacial score (nSPS) is 10.4. The van der Waals surface area contributed by atoms with Crippen LogP contribution < -0.4 is 10.6 Å². The Balaban J connectivity index is 1.51. The van der Waals surface area contributed by atoms with Gasteiger partial charge in [-0.3, -0.25) is 14.9 Å². The Morgan fingerprint density at radius 1 is 1.10 bits per heavy atom. The number of imide groups is 1. The molecule has 3 aromatic rings. The lowest BCUT2D eigenvalue weighted by molar-refractivity contribution is -0.148. The number of carbonyl (C=O) groups is 4. The average molecular weight is 413 g/mol. The molecule has 0 aliphatic rings. The van der Waals surface area contributed by atoms with Crippen molar-refractivity contribution in [2.45, 2.75) is 13.1 Å². The molecule has 0 saturated heterocycles. The summed E-state index contributed by atoms with van der Waals surface area (Å²) >= 11 is 0. The van der Waals surface area contributed by atoms with Gasteiger partial charge in [0.1, 0.15) is 12.3 Å². The van der Waals surface area contributed by atoms with E-state index in [0.29, 0.717) is 22.2 Å². The molecule has 3 amide bonds. The fourth-order valence-electron chi connectivity index (χ4n) is 2.77. The van der Waals surface area contributed by atoms with Gasteiger partial charge in [0, 0.05) is 17.1 Å². The number of para-hydroxylation sites is 1. The number of esters is 2. The zero-order chi connectivity index (χ0) is 21.5. The number of aromatic nitrogens is 1. The summed E-state index contributed by atoms with van der Waals surface area (Å²) in [6, 6.07) is 9.59. The molecule has 0 fully saturated rings. The van der Waals surface area contributed by atoms with Gasteiger partial charge in [-0.2, -0.15) is 0 Å². The molecule has 0 unspecified atom stereocenters. The predicted octanol–water partition coefficient (Wildman–Crippen LogP) is 1.59. The average Bonchev–Trinajstić information content (AvgIpc) is 3.39. The van der Waals surface area contributed by atoms with E-state index in [4.69, 9.17) is 13.9 Å². The number of fused-ring (bicyclic) bond motifs is 1. The van der Waals surface area contributed by atoms with Crippen molar-refractivity contribution in [1.29, 1.82) is 0 Å². The van der Waals surface area contributed by atoms with E-state index >= 15 is 0 Å². The van der Waals surface area contributed by atoms with Gasteiger partial charge in [0.25, 0.3) is 5.91 Å². The monoisotopic (exact) mass is 413 g/mol. The van der Waals surface area contributed by atoms with Crippen LogP contribution in [0.25, 0.3) is 10.9 Å². The second-order valence-corrected chi connectivity index (χ2v) is 6.15. The van der Waals surface area contributed by atoms with E-state index in [-0.39, 0.29) is 13.1 Å². The number of rotatable bonds is 7. The molecule has 2 aromatic heterocycles. The molecule has 0 spiro atoms. The molecular weight excluding hydrogens is 394 g/mol. The van der Waals surface area contributed by atoms with Gasteiger partial charge in [0.15, 0.2) is 6.61 Å². The number of nitrogens with one attached hydrogen (secondary N) is 2. The van der Waals surface area contributed by atoms with Crippen LogP contribution in [0.1, 0.15) is 16.1 Å². The summed E-state index contributed by atoms with van der Waals surface area (Å²) in [4.78, 5) is 47.5. The maximum atomic E-state index is 12.1. The van der Waals surface area contributed by atoms with Gasteiger partial charge in [-0.1, -0.05) is 18.2 Å². The van der Waals surface area contributed by atoms with Crippen LogP contribution in [0.15, 0.2) is 53.3 Å². The first-order chi connectivity index (χ1) is 14.5. The number of amides is 3. The fourth-order valence-corrected chi connectivity index (χ4v) is 2.77. The standard InChI is InChI=1S/C20H19N3O7/c1-28-19(26)15-10-23(16-7-3-2-6-14(15)16)11-18(25)30-12-17(24)22-20(27)21-9-13-5-4-8-29-13/h2-8,10H,9,11-12H2,1H3,(H2,21,22,24,27). The third-order valence-corrected chi connectivity index (χ3v) is 4.11. The van der Waals surface area contributed by atoms with Crippen molar-refractivity contribution in [2.75, 3.05) is 13.7 Å². The number of hydrogen-bond donors (Lipinski definition) is 2. The fraction of sp³-hybridized carbons (Fsp3) is 0.200. The lowest BCUT2D eigenvalue weighted by Gasteiger charge is -2.08. The highest BCUT2D eigenvalue weighted by Gasteiger charge is 2.18. The third-order valence-electron chi connectivity index (χ3n) is 4.11. The maximum absolute atomic E-state index is 12.1. The van der Waals surface area contributed by atoms with E-state index in [9.17, 15) is 19.2 Å². The molecule has 2 heterocycles. The number of ether oxygens (including phenoxy) is 2. The number of urea groups is 1. The van der Waals surface area contributed by atoms with Crippen molar-refractivity contribution in [1.82, 2.24) is 15.2 Å². The van der Waals surface area contributed by atoms with E-state index in [1.54, 1.807) is 36.4 Å². The van der Waals surface area contributed by atoms with Crippen molar-refractivity contribution < 1.29 is 33.1 Å². The summed E-state index contributed by atoms with van der Waals surface area (Å²) in [5.41, 5.74) is 0.948. The molecule has 0 saturated carbocycles. The zero-order valence-corrected chi connectivity index (χ0v) is 16.0. The Labute approximate surface area is 170 Å². The minimum absolute atomic E-state index is 0.106. The van der Waals surface area contributed by atoms with Crippen molar-refractivity contribution >= 4 is 34.8 Å². The minimum Gasteiger partial charge on any atom is -0.467 e. The molecule has 10 heteroatoms. The molecule has 2 N–H and O–H groups in total. The molecule has 0 radical (unpaired) electrons. The van der Waals surface area contributed by atoms with Gasteiger partial charge in [-0.15, -0.1) is 0 Å². The number of furan rings is 1. The molecule has 156 valence electrons. The van der Waals surface area contributed by atoms with Gasteiger partial charge in [-0.25, -0.2) is 9.59 Å². The first-order valence-electron chi connectivity index (χ1n) is 8.90. The van der Waals surface area contributed by atoms with Crippen LogP contribution in [0.3, 0.4) is 0 Å². The highest BCUT2D eigenvalue weighted by molar-refractivity contribution is 6.04. The first-order valence-corrected chi connectivity index (χ1v) is 8.90. The van der Waals surface area contributed by atoms with Crippen molar-refractivity contribution in [3.63, 3.8) is 0 Å². The lowest BCUT2D eigenvalue weighted by atomic mass is 10.2. The van der Waals surface area contributed by atoms with E-state index in [0.717, 1.165) is 0 Å². The topological polar surface area (TPSA) is 129 Å². The lowest BCUT2D eigenvalue weighted by Crippen LogP contribution is -2.41. The second-order valence-electron chi connectivity index (χ2n) is 6.15. The highest BCUT2D eigenvalue weighted by atomic mass is 16.5. The number of nitrogens with zero attached hydrogens (tertiary/aromatic N) is 1. The molecular formula is C20H19N3O7. The van der Waals surface area contributed by atoms with Crippen LogP contribution in [0.5, 0.6) is 0 Å². The quantitative estimate of drug-likeness (QED) is 0.563. The van der Waals surface area contributed by atoms with Crippen LogP contribution in [0.4, 0.5) is 4.79 Å². The SMILES string of the molecule is COC(=O)c1cn(CC(=O)OCC(=O)NC(=O)NCc2ccco2)c2ccccc12. The van der Waals surface area contributed by atoms with Gasteiger partial charge >= 0.3 is 18.0 Å².